The molecule has 144 valence electrons. The second kappa shape index (κ2) is 8.37. The summed E-state index contributed by atoms with van der Waals surface area (Å²) in [4.78, 5) is 10.5. The van der Waals surface area contributed by atoms with Crippen molar-refractivity contribution in [2.75, 3.05) is 31.3 Å². The molecule has 9 heteroatoms. The SMILES string of the molecule is N#Cc1c(N2CCOC(CF)C2)sc(-c2ncc[nH]2)c1-c1ccc(Cl)cc1I. The Balaban J connectivity index is 1.91. The van der Waals surface area contributed by atoms with Crippen LogP contribution in [0, 0.1) is 14.9 Å². The second-order valence-electron chi connectivity index (χ2n) is 6.25. The van der Waals surface area contributed by atoms with Crippen LogP contribution in [0.15, 0.2) is 30.6 Å². The number of hydrogen-bond acceptors (Lipinski definition) is 5. The molecule has 3 aromatic rings. The third-order valence-corrected chi connectivity index (χ3v) is 6.90. The zero-order valence-electron chi connectivity index (χ0n) is 14.6. The predicted molar refractivity (Wildman–Crippen MR) is 118 cm³/mol. The van der Waals surface area contributed by atoms with Gasteiger partial charge in [0, 0.05) is 39.6 Å². The van der Waals surface area contributed by atoms with E-state index in [2.05, 4.69) is 38.6 Å². The van der Waals surface area contributed by atoms with E-state index in [0.29, 0.717) is 36.1 Å². The van der Waals surface area contributed by atoms with Gasteiger partial charge < -0.3 is 14.6 Å². The zero-order valence-corrected chi connectivity index (χ0v) is 18.3. The number of thiophene rings is 1. The van der Waals surface area contributed by atoms with Gasteiger partial charge in [-0.25, -0.2) is 9.37 Å². The third-order valence-electron chi connectivity index (χ3n) is 4.51. The highest BCUT2D eigenvalue weighted by molar-refractivity contribution is 14.1. The van der Waals surface area contributed by atoms with Crippen LogP contribution in [0.4, 0.5) is 9.39 Å². The standard InChI is InChI=1S/C19H15ClFIN4OS/c20-11-1-2-13(15(22)7-11)16-14(9-23)19(26-5-6-27-12(8-21)10-26)28-17(16)18-24-3-4-25-18/h1-4,7,12H,5-6,8,10H2,(H,24,25). The Kier molecular flexibility index (Phi) is 5.87. The van der Waals surface area contributed by atoms with Crippen molar-refractivity contribution in [1.82, 2.24) is 9.97 Å². The summed E-state index contributed by atoms with van der Waals surface area (Å²) in [6.07, 6.45) is 2.96. The molecule has 1 aliphatic heterocycles. The number of halogens is 3. The van der Waals surface area contributed by atoms with E-state index in [0.717, 1.165) is 24.6 Å². The van der Waals surface area contributed by atoms with Gasteiger partial charge in [0.05, 0.1) is 17.0 Å². The summed E-state index contributed by atoms with van der Waals surface area (Å²) in [6, 6.07) is 7.98. The first-order valence-corrected chi connectivity index (χ1v) is 10.8. The van der Waals surface area contributed by atoms with Gasteiger partial charge in [0.2, 0.25) is 0 Å². The molecule has 4 rings (SSSR count). The molecule has 0 bridgehead atoms. The number of anilines is 1. The molecule has 1 aliphatic rings. The maximum atomic E-state index is 13.2. The van der Waals surface area contributed by atoms with Gasteiger partial charge in [-0.15, -0.1) is 11.3 Å². The van der Waals surface area contributed by atoms with E-state index < -0.39 is 12.8 Å². The molecule has 1 saturated heterocycles. The number of nitrogens with zero attached hydrogens (tertiary/aromatic N) is 3. The van der Waals surface area contributed by atoms with E-state index in [1.165, 1.54) is 11.3 Å². The van der Waals surface area contributed by atoms with E-state index in [-0.39, 0.29) is 0 Å². The quantitative estimate of drug-likeness (QED) is 0.478. The monoisotopic (exact) mass is 528 g/mol. The molecule has 0 aliphatic carbocycles. The molecule has 1 unspecified atom stereocenters. The van der Waals surface area contributed by atoms with Crippen molar-refractivity contribution in [3.05, 3.63) is 44.7 Å². The highest BCUT2D eigenvalue weighted by Gasteiger charge is 2.29. The van der Waals surface area contributed by atoms with Gasteiger partial charge >= 0.3 is 0 Å². The number of aromatic amines is 1. The maximum absolute atomic E-state index is 13.2. The van der Waals surface area contributed by atoms with E-state index >= 15 is 0 Å². The van der Waals surface area contributed by atoms with Crippen LogP contribution in [-0.4, -0.2) is 42.4 Å². The van der Waals surface area contributed by atoms with E-state index in [1.54, 1.807) is 12.4 Å². The molecule has 1 atom stereocenters. The summed E-state index contributed by atoms with van der Waals surface area (Å²) >= 11 is 9.85. The number of hydrogen-bond donors (Lipinski definition) is 1. The number of morpholine rings is 1. The van der Waals surface area contributed by atoms with Crippen LogP contribution in [0.5, 0.6) is 0 Å². The minimum absolute atomic E-state index is 0.417. The topological polar surface area (TPSA) is 64.9 Å². The molecular formula is C19H15ClFIN4OS. The molecule has 1 N–H and O–H groups in total. The first-order valence-electron chi connectivity index (χ1n) is 8.57. The van der Waals surface area contributed by atoms with Crippen LogP contribution in [0.3, 0.4) is 0 Å². The van der Waals surface area contributed by atoms with Gasteiger partial charge in [-0.2, -0.15) is 5.26 Å². The van der Waals surface area contributed by atoms with E-state index in [9.17, 15) is 9.65 Å². The fourth-order valence-electron chi connectivity index (χ4n) is 3.25. The smallest absolute Gasteiger partial charge is 0.148 e. The minimum atomic E-state index is -0.545. The summed E-state index contributed by atoms with van der Waals surface area (Å²) < 4.78 is 19.6. The number of rotatable bonds is 4. The average Bonchev–Trinajstić information content (AvgIpc) is 3.35. The summed E-state index contributed by atoms with van der Waals surface area (Å²) in [5, 5.41) is 11.5. The van der Waals surface area contributed by atoms with Crippen LogP contribution in [0.25, 0.3) is 21.8 Å². The van der Waals surface area contributed by atoms with Crippen molar-refractivity contribution >= 4 is 50.5 Å². The average molecular weight is 529 g/mol. The highest BCUT2D eigenvalue weighted by atomic mass is 127. The number of ether oxygens (including phenoxy) is 1. The molecular weight excluding hydrogens is 514 g/mol. The number of aromatic nitrogens is 2. The largest absolute Gasteiger partial charge is 0.372 e. The first kappa shape index (κ1) is 19.6. The number of nitrogens with one attached hydrogen (secondary N) is 1. The van der Waals surface area contributed by atoms with Gasteiger partial charge in [-0.05, 0) is 40.3 Å². The second-order valence-corrected chi connectivity index (χ2v) is 8.85. The molecule has 1 aromatic carbocycles. The molecule has 28 heavy (non-hydrogen) atoms. The van der Waals surface area contributed by atoms with Gasteiger partial charge in [-0.1, -0.05) is 17.7 Å². The molecule has 0 saturated carbocycles. The Morgan fingerprint density at radius 1 is 1.50 bits per heavy atom. The van der Waals surface area contributed by atoms with E-state index in [1.807, 2.05) is 23.1 Å². The number of imidazole rings is 1. The van der Waals surface area contributed by atoms with Crippen molar-refractivity contribution in [3.63, 3.8) is 0 Å². The fourth-order valence-corrected chi connectivity index (χ4v) is 5.65. The number of H-pyrrole nitrogens is 1. The number of alkyl halides is 1. The Hall–Kier alpha value is -1.67. The van der Waals surface area contributed by atoms with Gasteiger partial charge in [-0.3, -0.25) is 0 Å². The van der Waals surface area contributed by atoms with Gasteiger partial charge in [0.25, 0.3) is 0 Å². The summed E-state index contributed by atoms with van der Waals surface area (Å²) in [5.74, 6) is 0.698. The van der Waals surface area contributed by atoms with Crippen molar-refractivity contribution in [1.29, 1.82) is 5.26 Å². The lowest BCUT2D eigenvalue weighted by molar-refractivity contribution is 0.0249. The summed E-state index contributed by atoms with van der Waals surface area (Å²) in [7, 11) is 0. The fraction of sp³-hybridized carbons (Fsp3) is 0.263. The molecule has 0 amide bonds. The number of benzene rings is 1. The van der Waals surface area contributed by atoms with Crippen LogP contribution in [0.1, 0.15) is 5.56 Å². The Bertz CT molecular complexity index is 1030. The van der Waals surface area contributed by atoms with Crippen molar-refractivity contribution in [2.24, 2.45) is 0 Å². The van der Waals surface area contributed by atoms with Crippen molar-refractivity contribution in [3.8, 4) is 27.9 Å². The molecule has 3 heterocycles. The number of nitriles is 1. The lowest BCUT2D eigenvalue weighted by Crippen LogP contribution is -2.43. The molecule has 2 aromatic heterocycles. The van der Waals surface area contributed by atoms with Crippen LogP contribution in [0.2, 0.25) is 5.02 Å². The lowest BCUT2D eigenvalue weighted by Gasteiger charge is -2.32. The van der Waals surface area contributed by atoms with Gasteiger partial charge in [0.15, 0.2) is 0 Å². The van der Waals surface area contributed by atoms with E-state index in [4.69, 9.17) is 16.3 Å². The first-order chi connectivity index (χ1) is 13.6. The Morgan fingerprint density at radius 2 is 2.36 bits per heavy atom. The lowest BCUT2D eigenvalue weighted by atomic mass is 10.0. The molecule has 0 radical (unpaired) electrons. The highest BCUT2D eigenvalue weighted by Crippen LogP contribution is 2.47. The Morgan fingerprint density at radius 3 is 3.04 bits per heavy atom. The van der Waals surface area contributed by atoms with Crippen LogP contribution >= 0.6 is 45.5 Å². The molecule has 1 fully saturated rings. The van der Waals surface area contributed by atoms with Crippen LogP contribution < -0.4 is 4.90 Å². The summed E-state index contributed by atoms with van der Waals surface area (Å²) in [6.45, 7) is 0.916. The molecule has 0 spiro atoms. The minimum Gasteiger partial charge on any atom is -0.372 e. The normalized spacial score (nSPS) is 16.9. The third kappa shape index (κ3) is 3.64. The zero-order chi connectivity index (χ0) is 19.7. The van der Waals surface area contributed by atoms with Crippen molar-refractivity contribution in [2.45, 2.75) is 6.10 Å². The predicted octanol–water partition coefficient (Wildman–Crippen LogP) is 5.11. The van der Waals surface area contributed by atoms with Gasteiger partial charge in [0.1, 0.15) is 29.7 Å². The summed E-state index contributed by atoms with van der Waals surface area (Å²) in [5.41, 5.74) is 2.31. The maximum Gasteiger partial charge on any atom is 0.148 e. The molecule has 5 nitrogen and oxygen atoms in total. The van der Waals surface area contributed by atoms with Crippen molar-refractivity contribution < 1.29 is 9.13 Å². The van der Waals surface area contributed by atoms with Crippen LogP contribution in [-0.2, 0) is 4.74 Å². The Labute approximate surface area is 184 Å².